The largest absolute Gasteiger partial charge is 0.497 e. The molecule has 132 valence electrons. The molecular formula is C25H21NO. The summed E-state index contributed by atoms with van der Waals surface area (Å²) in [5.74, 6) is 1.02. The Bertz CT molecular complexity index is 978. The van der Waals surface area contributed by atoms with Gasteiger partial charge in [0.2, 0.25) is 0 Å². The second-order valence-electron chi connectivity index (χ2n) is 6.47. The first-order valence-electron chi connectivity index (χ1n) is 9.04. The van der Waals surface area contributed by atoms with Gasteiger partial charge >= 0.3 is 0 Å². The third-order valence-corrected chi connectivity index (χ3v) is 4.84. The van der Waals surface area contributed by atoms with Crippen molar-refractivity contribution >= 4 is 0 Å². The summed E-state index contributed by atoms with van der Waals surface area (Å²) >= 11 is 0. The molecule has 1 heterocycles. The zero-order chi connectivity index (χ0) is 18.5. The molecule has 0 aliphatic rings. The van der Waals surface area contributed by atoms with Crippen molar-refractivity contribution in [3.63, 3.8) is 0 Å². The van der Waals surface area contributed by atoms with Crippen LogP contribution in [0.4, 0.5) is 0 Å². The summed E-state index contributed by atoms with van der Waals surface area (Å²) in [6.07, 6.45) is 3.70. The number of rotatable bonds is 5. The van der Waals surface area contributed by atoms with Crippen molar-refractivity contribution in [1.82, 2.24) is 4.98 Å². The minimum atomic E-state index is 0.156. The molecule has 0 aliphatic carbocycles. The molecule has 2 nitrogen and oxygen atoms in total. The highest BCUT2D eigenvalue weighted by atomic mass is 16.5. The van der Waals surface area contributed by atoms with Crippen molar-refractivity contribution in [2.75, 3.05) is 7.11 Å². The lowest BCUT2D eigenvalue weighted by atomic mass is 9.85. The Balaban J connectivity index is 1.74. The second-order valence-corrected chi connectivity index (χ2v) is 6.47. The van der Waals surface area contributed by atoms with Crippen molar-refractivity contribution in [3.8, 4) is 16.9 Å². The average molecular weight is 351 g/mol. The fourth-order valence-corrected chi connectivity index (χ4v) is 3.43. The Morgan fingerprint density at radius 3 is 1.70 bits per heavy atom. The van der Waals surface area contributed by atoms with Crippen LogP contribution in [0.5, 0.6) is 5.75 Å². The Labute approximate surface area is 160 Å². The highest BCUT2D eigenvalue weighted by Crippen LogP contribution is 2.33. The zero-order valence-electron chi connectivity index (χ0n) is 15.2. The summed E-state index contributed by atoms with van der Waals surface area (Å²) in [5.41, 5.74) is 6.17. The van der Waals surface area contributed by atoms with E-state index in [-0.39, 0.29) is 5.92 Å². The lowest BCUT2D eigenvalue weighted by Crippen LogP contribution is -2.03. The quantitative estimate of drug-likeness (QED) is 0.444. The number of benzene rings is 3. The fourth-order valence-electron chi connectivity index (χ4n) is 3.43. The summed E-state index contributed by atoms with van der Waals surface area (Å²) in [5, 5.41) is 0. The van der Waals surface area contributed by atoms with Crippen LogP contribution in [0.3, 0.4) is 0 Å². The van der Waals surface area contributed by atoms with Crippen LogP contribution in [0.15, 0.2) is 103 Å². The maximum absolute atomic E-state index is 5.32. The van der Waals surface area contributed by atoms with Crippen molar-refractivity contribution in [2.24, 2.45) is 0 Å². The Morgan fingerprint density at radius 2 is 1.11 bits per heavy atom. The topological polar surface area (TPSA) is 22.1 Å². The van der Waals surface area contributed by atoms with E-state index in [0.29, 0.717) is 0 Å². The summed E-state index contributed by atoms with van der Waals surface area (Å²) in [7, 11) is 1.69. The molecule has 0 radical (unpaired) electrons. The van der Waals surface area contributed by atoms with Gasteiger partial charge in [-0.3, -0.25) is 4.98 Å². The number of aromatic nitrogens is 1. The summed E-state index contributed by atoms with van der Waals surface area (Å²) in [4.78, 5) is 4.18. The molecule has 3 aromatic carbocycles. The molecule has 2 heteroatoms. The molecule has 0 bridgehead atoms. The number of hydrogen-bond donors (Lipinski definition) is 0. The molecule has 0 N–H and O–H groups in total. The van der Waals surface area contributed by atoms with Gasteiger partial charge in [0.15, 0.2) is 0 Å². The third-order valence-electron chi connectivity index (χ3n) is 4.84. The normalized spacial score (nSPS) is 11.7. The van der Waals surface area contributed by atoms with Crippen LogP contribution < -0.4 is 4.74 Å². The van der Waals surface area contributed by atoms with Crippen molar-refractivity contribution in [3.05, 3.63) is 120 Å². The van der Waals surface area contributed by atoms with Gasteiger partial charge < -0.3 is 4.74 Å². The molecule has 4 aromatic rings. The van der Waals surface area contributed by atoms with Gasteiger partial charge in [0.25, 0.3) is 0 Å². The molecule has 0 saturated carbocycles. The molecule has 4 rings (SSSR count). The Morgan fingerprint density at radius 1 is 0.593 bits per heavy atom. The minimum absolute atomic E-state index is 0.156. The molecular weight excluding hydrogens is 330 g/mol. The minimum Gasteiger partial charge on any atom is -0.497 e. The van der Waals surface area contributed by atoms with Crippen molar-refractivity contribution in [2.45, 2.75) is 5.92 Å². The van der Waals surface area contributed by atoms with Crippen LogP contribution in [0.1, 0.15) is 22.6 Å². The number of pyridine rings is 1. The lowest BCUT2D eigenvalue weighted by Gasteiger charge is -2.19. The van der Waals surface area contributed by atoms with Gasteiger partial charge in [-0.2, -0.15) is 0 Å². The van der Waals surface area contributed by atoms with Gasteiger partial charge in [-0.1, -0.05) is 66.7 Å². The molecule has 1 atom stereocenters. The van der Waals surface area contributed by atoms with E-state index in [0.717, 1.165) is 5.75 Å². The van der Waals surface area contributed by atoms with Gasteiger partial charge in [-0.25, -0.2) is 0 Å². The van der Waals surface area contributed by atoms with Crippen LogP contribution >= 0.6 is 0 Å². The first-order valence-corrected chi connectivity index (χ1v) is 9.04. The van der Waals surface area contributed by atoms with Gasteiger partial charge in [-0.05, 0) is 52.1 Å². The summed E-state index contributed by atoms with van der Waals surface area (Å²) in [6, 6.07) is 31.8. The number of ether oxygens (including phenoxy) is 1. The van der Waals surface area contributed by atoms with E-state index in [1.54, 1.807) is 7.11 Å². The standard InChI is InChI=1S/C25H21NO/c1-27-24-13-11-22(12-14-24)25(23-15-17-26-18-16-23)21-9-7-20(8-10-21)19-5-3-2-4-6-19/h2-18,25H,1H3. The average Bonchev–Trinajstić information content (AvgIpc) is 2.76. The molecule has 0 spiro atoms. The molecule has 0 fully saturated rings. The maximum atomic E-state index is 5.32. The van der Waals surface area contributed by atoms with E-state index < -0.39 is 0 Å². The second kappa shape index (κ2) is 7.88. The number of hydrogen-bond acceptors (Lipinski definition) is 2. The van der Waals surface area contributed by atoms with Gasteiger partial charge in [0.05, 0.1) is 7.11 Å². The van der Waals surface area contributed by atoms with E-state index in [1.165, 1.54) is 27.8 Å². The van der Waals surface area contributed by atoms with Gasteiger partial charge in [0, 0.05) is 18.3 Å². The molecule has 1 unspecified atom stereocenters. The van der Waals surface area contributed by atoms with E-state index in [4.69, 9.17) is 4.74 Å². The van der Waals surface area contributed by atoms with Crippen LogP contribution in [0.25, 0.3) is 11.1 Å². The van der Waals surface area contributed by atoms with Gasteiger partial charge in [0.1, 0.15) is 5.75 Å². The predicted octanol–water partition coefficient (Wildman–Crippen LogP) is 5.94. The van der Waals surface area contributed by atoms with E-state index in [1.807, 2.05) is 30.6 Å². The predicted molar refractivity (Wildman–Crippen MR) is 110 cm³/mol. The van der Waals surface area contributed by atoms with Crippen LogP contribution in [-0.2, 0) is 0 Å². The molecule has 0 saturated heterocycles. The third kappa shape index (κ3) is 3.75. The Kier molecular flexibility index (Phi) is 4.97. The monoisotopic (exact) mass is 351 g/mol. The molecule has 0 amide bonds. The highest BCUT2D eigenvalue weighted by molar-refractivity contribution is 5.64. The summed E-state index contributed by atoms with van der Waals surface area (Å²) in [6.45, 7) is 0. The molecule has 0 aliphatic heterocycles. The van der Waals surface area contributed by atoms with Crippen LogP contribution in [0, 0.1) is 0 Å². The first kappa shape index (κ1) is 17.0. The molecule has 1 aromatic heterocycles. The number of nitrogens with zero attached hydrogens (tertiary/aromatic N) is 1. The van der Waals surface area contributed by atoms with Gasteiger partial charge in [-0.15, -0.1) is 0 Å². The number of methoxy groups -OCH3 is 1. The summed E-state index contributed by atoms with van der Waals surface area (Å²) < 4.78 is 5.32. The zero-order valence-corrected chi connectivity index (χ0v) is 15.2. The van der Waals surface area contributed by atoms with Crippen molar-refractivity contribution in [1.29, 1.82) is 0 Å². The van der Waals surface area contributed by atoms with E-state index >= 15 is 0 Å². The smallest absolute Gasteiger partial charge is 0.118 e. The van der Waals surface area contributed by atoms with E-state index in [9.17, 15) is 0 Å². The Hall–Kier alpha value is -3.39. The van der Waals surface area contributed by atoms with Crippen LogP contribution in [-0.4, -0.2) is 12.1 Å². The maximum Gasteiger partial charge on any atom is 0.118 e. The lowest BCUT2D eigenvalue weighted by molar-refractivity contribution is 0.414. The SMILES string of the molecule is COc1ccc(C(c2ccncc2)c2ccc(-c3ccccc3)cc2)cc1. The van der Waals surface area contributed by atoms with Crippen LogP contribution in [0.2, 0.25) is 0 Å². The fraction of sp³-hybridized carbons (Fsp3) is 0.0800. The van der Waals surface area contributed by atoms with E-state index in [2.05, 4.69) is 77.8 Å². The molecule has 27 heavy (non-hydrogen) atoms. The first-order chi connectivity index (χ1) is 13.3. The highest BCUT2D eigenvalue weighted by Gasteiger charge is 2.17. The van der Waals surface area contributed by atoms with Crippen molar-refractivity contribution < 1.29 is 4.74 Å².